The molecule has 0 saturated heterocycles. The van der Waals surface area contributed by atoms with Crippen LogP contribution in [0, 0.1) is 0 Å². The molecule has 1 aromatic rings. The Hall–Kier alpha value is -2.57. The maximum atomic E-state index is 11.8. The molecule has 7 heteroatoms. The fraction of sp³-hybridized carbons (Fsp3) is 0.550. The third-order valence-electron chi connectivity index (χ3n) is 3.82. The highest BCUT2D eigenvalue weighted by Crippen LogP contribution is 2.14. The van der Waals surface area contributed by atoms with Crippen molar-refractivity contribution in [3.63, 3.8) is 0 Å². The third-order valence-corrected chi connectivity index (χ3v) is 3.82. The van der Waals surface area contributed by atoms with E-state index in [0.29, 0.717) is 18.8 Å². The fourth-order valence-corrected chi connectivity index (χ4v) is 2.54. The van der Waals surface area contributed by atoms with E-state index in [9.17, 15) is 14.4 Å². The van der Waals surface area contributed by atoms with Crippen LogP contribution in [0.15, 0.2) is 24.3 Å². The molecule has 0 radical (unpaired) electrons. The lowest BCUT2D eigenvalue weighted by Gasteiger charge is -2.29. The van der Waals surface area contributed by atoms with Gasteiger partial charge in [0.05, 0.1) is 13.2 Å². The van der Waals surface area contributed by atoms with Crippen LogP contribution in [-0.2, 0) is 30.3 Å². The molecule has 0 N–H and O–H groups in total. The number of esters is 2. The molecule has 0 aliphatic rings. The molecule has 0 heterocycles. The number of nitrogens with zero attached hydrogens (tertiary/aromatic N) is 1. The highest BCUT2D eigenvalue weighted by Gasteiger charge is 2.21. The van der Waals surface area contributed by atoms with Gasteiger partial charge in [-0.3, -0.25) is 14.4 Å². The van der Waals surface area contributed by atoms with Crippen molar-refractivity contribution in [2.75, 3.05) is 19.8 Å². The molecular formula is C20H29NO6. The molecule has 1 amide bonds. The van der Waals surface area contributed by atoms with Crippen LogP contribution in [0.1, 0.15) is 40.2 Å². The van der Waals surface area contributed by atoms with Crippen molar-refractivity contribution >= 4 is 17.8 Å². The van der Waals surface area contributed by atoms with Gasteiger partial charge < -0.3 is 19.1 Å². The van der Waals surface area contributed by atoms with Gasteiger partial charge in [-0.25, -0.2) is 0 Å². The summed E-state index contributed by atoms with van der Waals surface area (Å²) >= 11 is 0. The topological polar surface area (TPSA) is 82.1 Å². The summed E-state index contributed by atoms with van der Waals surface area (Å²) in [5.74, 6) is -0.175. The van der Waals surface area contributed by atoms with Crippen LogP contribution in [0.3, 0.4) is 0 Å². The van der Waals surface area contributed by atoms with Crippen molar-refractivity contribution in [2.45, 2.75) is 53.2 Å². The molecule has 27 heavy (non-hydrogen) atoms. The summed E-state index contributed by atoms with van der Waals surface area (Å²) in [4.78, 5) is 35.5. The number of hydrogen-bond acceptors (Lipinski definition) is 6. The average molecular weight is 379 g/mol. The van der Waals surface area contributed by atoms with Crippen molar-refractivity contribution in [3.8, 4) is 5.75 Å². The molecule has 1 atom stereocenters. The van der Waals surface area contributed by atoms with Gasteiger partial charge in [0.25, 0.3) is 0 Å². The number of rotatable bonds is 10. The molecule has 7 nitrogen and oxygen atoms in total. The first-order valence-corrected chi connectivity index (χ1v) is 8.98. The fourth-order valence-electron chi connectivity index (χ4n) is 2.54. The number of carbonyl (C=O) groups is 3. The number of benzene rings is 1. The van der Waals surface area contributed by atoms with Crippen LogP contribution in [0.4, 0.5) is 0 Å². The van der Waals surface area contributed by atoms with E-state index in [0.717, 1.165) is 5.56 Å². The number of hydrogen-bond donors (Lipinski definition) is 0. The van der Waals surface area contributed by atoms with E-state index in [1.165, 1.54) is 20.8 Å². The summed E-state index contributed by atoms with van der Waals surface area (Å²) in [5, 5.41) is 0. The zero-order chi connectivity index (χ0) is 20.4. The van der Waals surface area contributed by atoms with Crippen molar-refractivity contribution in [1.29, 1.82) is 0 Å². The van der Waals surface area contributed by atoms with Crippen molar-refractivity contribution in [1.82, 2.24) is 4.90 Å². The second kappa shape index (κ2) is 11.2. The van der Waals surface area contributed by atoms with Gasteiger partial charge >= 0.3 is 11.9 Å². The molecule has 0 aliphatic carbocycles. The minimum Gasteiger partial charge on any atom is -0.490 e. The zero-order valence-corrected chi connectivity index (χ0v) is 16.7. The summed E-state index contributed by atoms with van der Waals surface area (Å²) in [6.45, 7) is 8.75. The minimum atomic E-state index is -0.558. The molecule has 0 bridgehead atoms. The van der Waals surface area contributed by atoms with E-state index in [2.05, 4.69) is 0 Å². The van der Waals surface area contributed by atoms with Crippen LogP contribution in [0.25, 0.3) is 0 Å². The van der Waals surface area contributed by atoms with E-state index >= 15 is 0 Å². The molecular weight excluding hydrogens is 350 g/mol. The molecule has 0 saturated carbocycles. The van der Waals surface area contributed by atoms with Crippen LogP contribution in [0.5, 0.6) is 5.75 Å². The van der Waals surface area contributed by atoms with Crippen molar-refractivity contribution in [3.05, 3.63) is 29.8 Å². The molecule has 1 aromatic carbocycles. The quantitative estimate of drug-likeness (QED) is 0.581. The summed E-state index contributed by atoms with van der Waals surface area (Å²) < 4.78 is 15.9. The Bertz CT molecular complexity index is 626. The van der Waals surface area contributed by atoms with Crippen LogP contribution in [-0.4, -0.2) is 54.7 Å². The summed E-state index contributed by atoms with van der Waals surface area (Å²) in [5.41, 5.74) is 1.02. The Morgan fingerprint density at radius 3 is 2.11 bits per heavy atom. The molecule has 1 rings (SSSR count). The number of amides is 1. The average Bonchev–Trinajstić information content (AvgIpc) is 2.57. The largest absolute Gasteiger partial charge is 0.490 e. The van der Waals surface area contributed by atoms with Gasteiger partial charge in [-0.2, -0.15) is 0 Å². The maximum Gasteiger partial charge on any atom is 0.303 e. The first kappa shape index (κ1) is 22.5. The summed E-state index contributed by atoms with van der Waals surface area (Å²) in [6.07, 6.45) is 0.0650. The lowest BCUT2D eigenvalue weighted by Crippen LogP contribution is -2.44. The Kier molecular flexibility index (Phi) is 9.33. The van der Waals surface area contributed by atoms with Crippen molar-refractivity contribution < 1.29 is 28.6 Å². The Morgan fingerprint density at radius 1 is 1.00 bits per heavy atom. The van der Waals surface area contributed by atoms with Crippen molar-refractivity contribution in [2.24, 2.45) is 0 Å². The number of carbonyl (C=O) groups excluding carboxylic acids is 3. The third kappa shape index (κ3) is 9.08. The molecule has 0 spiro atoms. The van der Waals surface area contributed by atoms with Gasteiger partial charge in [-0.1, -0.05) is 12.1 Å². The van der Waals surface area contributed by atoms with Gasteiger partial charge in [0, 0.05) is 33.2 Å². The van der Waals surface area contributed by atoms with E-state index < -0.39 is 12.1 Å². The highest BCUT2D eigenvalue weighted by molar-refractivity contribution is 5.73. The van der Waals surface area contributed by atoms with Gasteiger partial charge in [-0.05, 0) is 31.5 Å². The predicted octanol–water partition coefficient (Wildman–Crippen LogP) is 2.36. The Morgan fingerprint density at radius 2 is 1.63 bits per heavy atom. The number of ether oxygens (including phenoxy) is 3. The normalized spacial score (nSPS) is 11.6. The first-order valence-electron chi connectivity index (χ1n) is 8.98. The first-order chi connectivity index (χ1) is 12.7. The molecule has 150 valence electrons. The molecule has 0 aliphatic heterocycles. The van der Waals surface area contributed by atoms with Gasteiger partial charge in [0.2, 0.25) is 5.91 Å². The standard InChI is InChI=1S/C20H29NO6/c1-14(2)21(15(3)22)12-20(27-17(5)24)13-26-19-8-6-18(7-9-19)10-11-25-16(4)23/h6-9,14,20H,10-13H2,1-5H3. The van der Waals surface area contributed by atoms with Crippen LogP contribution < -0.4 is 4.74 Å². The van der Waals surface area contributed by atoms with E-state index in [-0.39, 0.29) is 31.1 Å². The zero-order valence-electron chi connectivity index (χ0n) is 16.7. The lowest BCUT2D eigenvalue weighted by molar-refractivity contribution is -0.151. The second-order valence-electron chi connectivity index (χ2n) is 6.54. The minimum absolute atomic E-state index is 0.00272. The van der Waals surface area contributed by atoms with Gasteiger partial charge in [0.1, 0.15) is 12.4 Å². The SMILES string of the molecule is CC(=O)OCCc1ccc(OCC(CN(C(C)=O)C(C)C)OC(C)=O)cc1. The molecule has 0 aromatic heterocycles. The van der Waals surface area contributed by atoms with Gasteiger partial charge in [-0.15, -0.1) is 0 Å². The molecule has 0 fully saturated rings. The van der Waals surface area contributed by atoms with E-state index in [4.69, 9.17) is 14.2 Å². The van der Waals surface area contributed by atoms with E-state index in [1.807, 2.05) is 26.0 Å². The summed E-state index contributed by atoms with van der Waals surface area (Å²) in [7, 11) is 0. The Balaban J connectivity index is 2.62. The smallest absolute Gasteiger partial charge is 0.303 e. The highest BCUT2D eigenvalue weighted by atomic mass is 16.6. The second-order valence-corrected chi connectivity index (χ2v) is 6.54. The van der Waals surface area contributed by atoms with E-state index in [1.54, 1.807) is 17.0 Å². The monoisotopic (exact) mass is 379 g/mol. The van der Waals surface area contributed by atoms with Crippen LogP contribution in [0.2, 0.25) is 0 Å². The lowest BCUT2D eigenvalue weighted by atomic mass is 10.1. The maximum absolute atomic E-state index is 11.8. The Labute approximate surface area is 160 Å². The van der Waals surface area contributed by atoms with Gasteiger partial charge in [0.15, 0.2) is 6.10 Å². The predicted molar refractivity (Wildman–Crippen MR) is 100 cm³/mol. The molecule has 1 unspecified atom stereocenters. The van der Waals surface area contributed by atoms with Crippen LogP contribution >= 0.6 is 0 Å². The summed E-state index contributed by atoms with van der Waals surface area (Å²) in [6, 6.07) is 7.38.